The third-order valence-electron chi connectivity index (χ3n) is 1.79. The van der Waals surface area contributed by atoms with Crippen LogP contribution < -0.4 is 0 Å². The topological polar surface area (TPSA) is 79.1 Å². The Kier molecular flexibility index (Phi) is 2.77. The van der Waals surface area contributed by atoms with E-state index in [2.05, 4.69) is 9.97 Å². The predicted octanol–water partition coefficient (Wildman–Crippen LogP) is 1.99. The number of rotatable bonds is 4. The maximum atomic E-state index is 10.8. The first-order valence-corrected chi connectivity index (χ1v) is 5.18. The highest BCUT2D eigenvalue weighted by Crippen LogP contribution is 2.22. The van der Waals surface area contributed by atoms with Crippen molar-refractivity contribution in [1.82, 2.24) is 9.97 Å². The molecule has 0 spiro atoms. The standard InChI is InChI=1S/C9H8N2O3S/c12-8(13)6-1-4-14-7(6)5-15-9-10-2-3-11-9/h1-4H,5H2,(H,10,11)(H,12,13). The number of hydrogen-bond acceptors (Lipinski definition) is 4. The van der Waals surface area contributed by atoms with Crippen LogP contribution in [-0.2, 0) is 5.75 Å². The van der Waals surface area contributed by atoms with Gasteiger partial charge >= 0.3 is 5.97 Å². The van der Waals surface area contributed by atoms with Gasteiger partial charge in [0.1, 0.15) is 11.3 Å². The fourth-order valence-electron chi connectivity index (χ4n) is 1.11. The SMILES string of the molecule is O=C(O)c1ccoc1CSc1ncc[nH]1. The summed E-state index contributed by atoms with van der Waals surface area (Å²) in [5.41, 5.74) is 0.203. The second kappa shape index (κ2) is 4.22. The monoisotopic (exact) mass is 224 g/mol. The molecule has 5 nitrogen and oxygen atoms in total. The van der Waals surface area contributed by atoms with Gasteiger partial charge in [-0.25, -0.2) is 9.78 Å². The van der Waals surface area contributed by atoms with Gasteiger partial charge in [0.25, 0.3) is 0 Å². The molecule has 0 aliphatic rings. The average Bonchev–Trinajstić information content (AvgIpc) is 2.86. The molecule has 6 heteroatoms. The Hall–Kier alpha value is -1.69. The number of nitrogens with zero attached hydrogens (tertiary/aromatic N) is 1. The van der Waals surface area contributed by atoms with Crippen LogP contribution in [0.4, 0.5) is 0 Å². The zero-order valence-corrected chi connectivity index (χ0v) is 8.45. The van der Waals surface area contributed by atoms with Crippen LogP contribution in [0.5, 0.6) is 0 Å². The van der Waals surface area contributed by atoms with E-state index >= 15 is 0 Å². The fourth-order valence-corrected chi connectivity index (χ4v) is 1.88. The lowest BCUT2D eigenvalue weighted by Gasteiger charge is -1.96. The molecule has 2 aromatic rings. The summed E-state index contributed by atoms with van der Waals surface area (Å²) in [6, 6.07) is 1.44. The third-order valence-corrected chi connectivity index (χ3v) is 2.69. The first kappa shape index (κ1) is 9.85. The number of furan rings is 1. The van der Waals surface area contributed by atoms with Gasteiger partial charge in [0, 0.05) is 12.4 Å². The molecule has 15 heavy (non-hydrogen) atoms. The molecule has 0 aliphatic heterocycles. The molecule has 0 saturated heterocycles. The van der Waals surface area contributed by atoms with E-state index in [1.807, 2.05) is 0 Å². The minimum atomic E-state index is -0.973. The average molecular weight is 224 g/mol. The minimum Gasteiger partial charge on any atom is -0.478 e. The van der Waals surface area contributed by atoms with Crippen molar-refractivity contribution in [2.45, 2.75) is 10.9 Å². The zero-order chi connectivity index (χ0) is 10.7. The second-order valence-electron chi connectivity index (χ2n) is 2.75. The molecule has 0 radical (unpaired) electrons. The molecular weight excluding hydrogens is 216 g/mol. The molecule has 0 bridgehead atoms. The number of aromatic carboxylic acids is 1. The molecule has 0 amide bonds. The molecule has 78 valence electrons. The van der Waals surface area contributed by atoms with Crippen molar-refractivity contribution in [3.05, 3.63) is 36.0 Å². The number of nitrogens with one attached hydrogen (secondary N) is 1. The summed E-state index contributed by atoms with van der Waals surface area (Å²) in [4.78, 5) is 17.7. The number of hydrogen-bond donors (Lipinski definition) is 2. The van der Waals surface area contributed by atoms with Gasteiger partial charge in [0.05, 0.1) is 12.0 Å². The highest BCUT2D eigenvalue weighted by atomic mass is 32.2. The molecule has 0 atom stereocenters. The number of carboxylic acids is 1. The van der Waals surface area contributed by atoms with E-state index < -0.39 is 5.97 Å². The maximum Gasteiger partial charge on any atom is 0.339 e. The third kappa shape index (κ3) is 2.21. The number of imidazole rings is 1. The van der Waals surface area contributed by atoms with Crippen LogP contribution in [0.2, 0.25) is 0 Å². The van der Waals surface area contributed by atoms with Gasteiger partial charge in [-0.1, -0.05) is 11.8 Å². The van der Waals surface area contributed by atoms with Crippen molar-refractivity contribution in [1.29, 1.82) is 0 Å². The lowest BCUT2D eigenvalue weighted by molar-refractivity contribution is 0.0695. The van der Waals surface area contributed by atoms with Gasteiger partial charge in [-0.3, -0.25) is 0 Å². The molecule has 0 aromatic carbocycles. The highest BCUT2D eigenvalue weighted by molar-refractivity contribution is 7.98. The van der Waals surface area contributed by atoms with Gasteiger partial charge in [0.2, 0.25) is 0 Å². The Bertz CT molecular complexity index is 450. The number of aromatic amines is 1. The second-order valence-corrected chi connectivity index (χ2v) is 3.71. The lowest BCUT2D eigenvalue weighted by Crippen LogP contribution is -1.97. The van der Waals surface area contributed by atoms with Crippen molar-refractivity contribution in [3.8, 4) is 0 Å². The first-order chi connectivity index (χ1) is 7.27. The Morgan fingerprint density at radius 1 is 1.67 bits per heavy atom. The normalized spacial score (nSPS) is 10.4. The largest absolute Gasteiger partial charge is 0.478 e. The molecular formula is C9H8N2O3S. The molecule has 2 aromatic heterocycles. The maximum absolute atomic E-state index is 10.8. The Morgan fingerprint density at radius 2 is 2.53 bits per heavy atom. The first-order valence-electron chi connectivity index (χ1n) is 4.19. The van der Waals surface area contributed by atoms with Gasteiger partial charge in [-0.15, -0.1) is 0 Å². The number of thioether (sulfide) groups is 1. The zero-order valence-electron chi connectivity index (χ0n) is 7.64. The van der Waals surface area contributed by atoms with E-state index in [1.165, 1.54) is 24.1 Å². The molecule has 2 rings (SSSR count). The summed E-state index contributed by atoms with van der Waals surface area (Å²) in [6.07, 6.45) is 4.73. The minimum absolute atomic E-state index is 0.203. The molecule has 0 fully saturated rings. The fraction of sp³-hybridized carbons (Fsp3) is 0.111. The van der Waals surface area contributed by atoms with E-state index in [4.69, 9.17) is 9.52 Å². The summed E-state index contributed by atoms with van der Waals surface area (Å²) in [6.45, 7) is 0. The van der Waals surface area contributed by atoms with Crippen LogP contribution in [0.1, 0.15) is 16.1 Å². The van der Waals surface area contributed by atoms with Gasteiger partial charge < -0.3 is 14.5 Å². The predicted molar refractivity (Wildman–Crippen MR) is 53.8 cm³/mol. The summed E-state index contributed by atoms with van der Waals surface area (Å²) < 4.78 is 5.08. The Morgan fingerprint density at radius 3 is 3.20 bits per heavy atom. The molecule has 0 unspecified atom stereocenters. The highest BCUT2D eigenvalue weighted by Gasteiger charge is 2.13. The molecule has 2 N–H and O–H groups in total. The lowest BCUT2D eigenvalue weighted by atomic mass is 10.3. The van der Waals surface area contributed by atoms with Crippen molar-refractivity contribution < 1.29 is 14.3 Å². The van der Waals surface area contributed by atoms with E-state index in [0.29, 0.717) is 11.5 Å². The van der Waals surface area contributed by atoms with Crippen LogP contribution in [0.25, 0.3) is 0 Å². The van der Waals surface area contributed by atoms with Crippen molar-refractivity contribution in [3.63, 3.8) is 0 Å². The number of carboxylic acid groups (broad SMARTS) is 1. The van der Waals surface area contributed by atoms with Gasteiger partial charge in [-0.2, -0.15) is 0 Å². The van der Waals surface area contributed by atoms with Crippen LogP contribution in [0.15, 0.2) is 34.3 Å². The van der Waals surface area contributed by atoms with Gasteiger partial charge in [0.15, 0.2) is 5.16 Å². The smallest absolute Gasteiger partial charge is 0.339 e. The number of H-pyrrole nitrogens is 1. The van der Waals surface area contributed by atoms with Crippen molar-refractivity contribution >= 4 is 17.7 Å². The van der Waals surface area contributed by atoms with Crippen molar-refractivity contribution in [2.24, 2.45) is 0 Å². The van der Waals surface area contributed by atoms with Gasteiger partial charge in [-0.05, 0) is 6.07 Å². The van der Waals surface area contributed by atoms with E-state index in [-0.39, 0.29) is 5.56 Å². The van der Waals surface area contributed by atoms with E-state index in [9.17, 15) is 4.79 Å². The summed E-state index contributed by atoms with van der Waals surface area (Å²) in [5, 5.41) is 9.56. The van der Waals surface area contributed by atoms with E-state index in [0.717, 1.165) is 5.16 Å². The Labute approximate surface area is 89.5 Å². The molecule has 0 saturated carbocycles. The number of aromatic nitrogens is 2. The van der Waals surface area contributed by atoms with E-state index in [1.54, 1.807) is 12.4 Å². The summed E-state index contributed by atoms with van der Waals surface area (Å²) in [7, 11) is 0. The quantitative estimate of drug-likeness (QED) is 0.776. The molecule has 2 heterocycles. The summed E-state index contributed by atoms with van der Waals surface area (Å²) in [5.74, 6) is -0.0787. The summed E-state index contributed by atoms with van der Waals surface area (Å²) >= 11 is 1.39. The number of carbonyl (C=O) groups is 1. The van der Waals surface area contributed by atoms with Crippen LogP contribution in [0.3, 0.4) is 0 Å². The van der Waals surface area contributed by atoms with Crippen molar-refractivity contribution in [2.75, 3.05) is 0 Å². The Balaban J connectivity index is 2.05. The molecule has 0 aliphatic carbocycles. The van der Waals surface area contributed by atoms with Crippen LogP contribution in [-0.4, -0.2) is 21.0 Å². The van der Waals surface area contributed by atoms with Crippen LogP contribution in [0, 0.1) is 0 Å². The van der Waals surface area contributed by atoms with Crippen LogP contribution >= 0.6 is 11.8 Å².